The number of ether oxygens (including phenoxy) is 1. The molecule has 0 atom stereocenters. The summed E-state index contributed by atoms with van der Waals surface area (Å²) in [5, 5.41) is 3.84. The van der Waals surface area contributed by atoms with Crippen molar-refractivity contribution in [3.63, 3.8) is 0 Å². The Balaban J connectivity index is 1.89. The highest BCUT2D eigenvalue weighted by molar-refractivity contribution is 14.1. The normalized spacial score (nSPS) is 10.7. The van der Waals surface area contributed by atoms with Crippen LogP contribution in [0.15, 0.2) is 36.4 Å². The van der Waals surface area contributed by atoms with Crippen molar-refractivity contribution in [2.45, 2.75) is 0 Å². The van der Waals surface area contributed by atoms with Crippen LogP contribution in [0.1, 0.15) is 10.4 Å². The summed E-state index contributed by atoms with van der Waals surface area (Å²) < 4.78 is 7.09. The molecule has 0 saturated carbocycles. The van der Waals surface area contributed by atoms with Gasteiger partial charge >= 0.3 is 0 Å². The van der Waals surface area contributed by atoms with Gasteiger partial charge in [-0.15, -0.1) is 0 Å². The average Bonchev–Trinajstić information content (AvgIpc) is 2.87. The molecule has 1 amide bonds. The molecule has 0 saturated heterocycles. The quantitative estimate of drug-likeness (QED) is 0.590. The monoisotopic (exact) mass is 444 g/mol. The van der Waals surface area contributed by atoms with E-state index in [1.807, 2.05) is 24.3 Å². The van der Waals surface area contributed by atoms with Gasteiger partial charge in [0.15, 0.2) is 5.13 Å². The van der Waals surface area contributed by atoms with E-state index in [2.05, 4.69) is 32.9 Å². The molecule has 3 rings (SSSR count). The molecule has 0 aliphatic heterocycles. The third kappa shape index (κ3) is 3.18. The van der Waals surface area contributed by atoms with Crippen LogP contribution >= 0.6 is 45.5 Å². The molecule has 1 aromatic heterocycles. The van der Waals surface area contributed by atoms with Crippen LogP contribution in [0.25, 0.3) is 10.2 Å². The number of fused-ring (bicyclic) bond motifs is 1. The van der Waals surface area contributed by atoms with E-state index in [-0.39, 0.29) is 5.91 Å². The molecular weight excluding hydrogens is 435 g/mol. The number of rotatable bonds is 3. The van der Waals surface area contributed by atoms with Crippen LogP contribution in [0.2, 0.25) is 5.02 Å². The van der Waals surface area contributed by atoms with Gasteiger partial charge < -0.3 is 4.74 Å². The van der Waals surface area contributed by atoms with Gasteiger partial charge in [0.1, 0.15) is 5.75 Å². The fourth-order valence-electron chi connectivity index (χ4n) is 1.94. The van der Waals surface area contributed by atoms with E-state index in [9.17, 15) is 4.79 Å². The first kappa shape index (κ1) is 15.5. The van der Waals surface area contributed by atoms with E-state index in [4.69, 9.17) is 16.3 Å². The molecule has 2 aromatic carbocycles. The fraction of sp³-hybridized carbons (Fsp3) is 0.0667. The zero-order chi connectivity index (χ0) is 15.7. The number of hydrogen-bond acceptors (Lipinski definition) is 4. The largest absolute Gasteiger partial charge is 0.495 e. The number of anilines is 1. The van der Waals surface area contributed by atoms with E-state index < -0.39 is 0 Å². The highest BCUT2D eigenvalue weighted by Gasteiger charge is 2.12. The molecule has 4 nitrogen and oxygen atoms in total. The minimum Gasteiger partial charge on any atom is -0.495 e. The summed E-state index contributed by atoms with van der Waals surface area (Å²) in [4.78, 5) is 16.6. The third-order valence-corrected chi connectivity index (χ3v) is 4.87. The number of nitrogens with zero attached hydrogens (tertiary/aromatic N) is 1. The van der Waals surface area contributed by atoms with Crippen LogP contribution < -0.4 is 10.1 Å². The number of carbonyl (C=O) groups excluding carboxylic acids is 1. The summed E-state index contributed by atoms with van der Waals surface area (Å²) in [6, 6.07) is 10.9. The molecular formula is C15H10ClIN2O2S. The molecule has 112 valence electrons. The van der Waals surface area contributed by atoms with E-state index in [1.54, 1.807) is 19.2 Å². The number of amides is 1. The lowest BCUT2D eigenvalue weighted by atomic mass is 10.2. The van der Waals surface area contributed by atoms with Gasteiger partial charge in [-0.25, -0.2) is 4.98 Å². The maximum atomic E-state index is 12.2. The van der Waals surface area contributed by atoms with Crippen LogP contribution in [0.3, 0.4) is 0 Å². The number of halogens is 2. The van der Waals surface area contributed by atoms with Gasteiger partial charge in [-0.05, 0) is 46.9 Å². The molecule has 3 aromatic rings. The minimum atomic E-state index is -0.185. The van der Waals surface area contributed by atoms with Crippen molar-refractivity contribution >= 4 is 66.8 Å². The molecule has 22 heavy (non-hydrogen) atoms. The van der Waals surface area contributed by atoms with Crippen molar-refractivity contribution in [3.05, 3.63) is 50.6 Å². The maximum Gasteiger partial charge on any atom is 0.257 e. The number of nitrogens with one attached hydrogen (secondary N) is 1. The lowest BCUT2D eigenvalue weighted by molar-refractivity contribution is 0.102. The van der Waals surface area contributed by atoms with E-state index in [1.165, 1.54) is 11.3 Å². The van der Waals surface area contributed by atoms with Crippen LogP contribution in [-0.4, -0.2) is 18.0 Å². The molecule has 1 N–H and O–H groups in total. The zero-order valence-electron chi connectivity index (χ0n) is 11.4. The second-order valence-corrected chi connectivity index (χ2v) is 7.12. The van der Waals surface area contributed by atoms with Crippen molar-refractivity contribution in [2.75, 3.05) is 12.4 Å². The molecule has 0 radical (unpaired) electrons. The second kappa shape index (κ2) is 6.39. The summed E-state index contributed by atoms with van der Waals surface area (Å²) in [5.41, 5.74) is 1.33. The van der Waals surface area contributed by atoms with Gasteiger partial charge in [0, 0.05) is 15.2 Å². The average molecular weight is 445 g/mol. The molecule has 0 unspecified atom stereocenters. The first-order chi connectivity index (χ1) is 10.6. The zero-order valence-corrected chi connectivity index (χ0v) is 15.1. The summed E-state index contributed by atoms with van der Waals surface area (Å²) >= 11 is 9.63. The standard InChI is InChI=1S/C15H10ClIN2O2S/c1-21-12-7-13-11(6-10(12)16)18-15(22-13)19-14(20)8-3-2-4-9(17)5-8/h2-7H,1H3,(H,18,19,20). The second-order valence-electron chi connectivity index (χ2n) is 4.44. The Kier molecular flexibility index (Phi) is 4.51. The van der Waals surface area contributed by atoms with Gasteiger partial charge in [-0.3, -0.25) is 10.1 Å². The Morgan fingerprint density at radius 2 is 2.18 bits per heavy atom. The van der Waals surface area contributed by atoms with E-state index >= 15 is 0 Å². The number of thiazole rings is 1. The SMILES string of the molecule is COc1cc2sc(NC(=O)c3cccc(I)c3)nc2cc1Cl. The predicted octanol–water partition coefficient (Wildman–Crippen LogP) is 4.82. The predicted molar refractivity (Wildman–Crippen MR) is 98.3 cm³/mol. The van der Waals surface area contributed by atoms with Crippen molar-refractivity contribution in [2.24, 2.45) is 0 Å². The van der Waals surface area contributed by atoms with Crippen molar-refractivity contribution in [3.8, 4) is 5.75 Å². The van der Waals surface area contributed by atoms with Gasteiger partial charge in [0.2, 0.25) is 0 Å². The summed E-state index contributed by atoms with van der Waals surface area (Å²) in [5.74, 6) is 0.406. The van der Waals surface area contributed by atoms with Crippen molar-refractivity contribution < 1.29 is 9.53 Å². The highest BCUT2D eigenvalue weighted by atomic mass is 127. The van der Waals surface area contributed by atoms with Crippen LogP contribution in [0, 0.1) is 3.57 Å². The summed E-state index contributed by atoms with van der Waals surface area (Å²) in [6.45, 7) is 0. The minimum absolute atomic E-state index is 0.185. The Bertz CT molecular complexity index is 866. The summed E-state index contributed by atoms with van der Waals surface area (Å²) in [6.07, 6.45) is 0. The maximum absolute atomic E-state index is 12.2. The van der Waals surface area contributed by atoms with Gasteiger partial charge in [0.05, 0.1) is 22.3 Å². The molecule has 0 aliphatic rings. The summed E-state index contributed by atoms with van der Waals surface area (Å²) in [7, 11) is 1.56. The molecule has 0 fully saturated rings. The Labute approximate surface area is 149 Å². The number of benzene rings is 2. The smallest absolute Gasteiger partial charge is 0.257 e. The van der Waals surface area contributed by atoms with Crippen LogP contribution in [-0.2, 0) is 0 Å². The van der Waals surface area contributed by atoms with Crippen molar-refractivity contribution in [1.82, 2.24) is 4.98 Å². The molecule has 0 aliphatic carbocycles. The van der Waals surface area contributed by atoms with Crippen LogP contribution in [0.5, 0.6) is 5.75 Å². The molecule has 0 spiro atoms. The Morgan fingerprint density at radius 3 is 2.91 bits per heavy atom. The first-order valence-electron chi connectivity index (χ1n) is 6.28. The number of hydrogen-bond donors (Lipinski definition) is 1. The van der Waals surface area contributed by atoms with E-state index in [0.29, 0.717) is 21.5 Å². The van der Waals surface area contributed by atoms with Gasteiger partial charge in [-0.2, -0.15) is 0 Å². The lowest BCUT2D eigenvalue weighted by Crippen LogP contribution is -2.11. The molecule has 0 bridgehead atoms. The Morgan fingerprint density at radius 1 is 1.36 bits per heavy atom. The van der Waals surface area contributed by atoms with Gasteiger partial charge in [0.25, 0.3) is 5.91 Å². The van der Waals surface area contributed by atoms with Crippen LogP contribution in [0.4, 0.5) is 5.13 Å². The highest BCUT2D eigenvalue weighted by Crippen LogP contribution is 2.34. The number of methoxy groups -OCH3 is 1. The lowest BCUT2D eigenvalue weighted by Gasteiger charge is -2.01. The van der Waals surface area contributed by atoms with Gasteiger partial charge in [-0.1, -0.05) is 29.0 Å². The fourth-order valence-corrected chi connectivity index (χ4v) is 3.59. The first-order valence-corrected chi connectivity index (χ1v) is 8.55. The van der Waals surface area contributed by atoms with E-state index in [0.717, 1.165) is 13.8 Å². The Hall–Kier alpha value is -1.38. The number of aromatic nitrogens is 1. The number of carbonyl (C=O) groups is 1. The topological polar surface area (TPSA) is 51.2 Å². The molecule has 1 heterocycles. The van der Waals surface area contributed by atoms with Crippen molar-refractivity contribution in [1.29, 1.82) is 0 Å². The third-order valence-electron chi connectivity index (χ3n) is 2.97. The molecule has 7 heteroatoms.